The molecule has 0 saturated carbocycles. The molecular weight excluding hydrogens is 246 g/mol. The molecule has 0 aromatic heterocycles. The summed E-state index contributed by atoms with van der Waals surface area (Å²) in [4.78, 5) is 0. The van der Waals surface area contributed by atoms with E-state index in [9.17, 15) is 0 Å². The van der Waals surface area contributed by atoms with Gasteiger partial charge in [0.25, 0.3) is 0 Å². The van der Waals surface area contributed by atoms with E-state index in [1.54, 1.807) is 7.11 Å². The summed E-state index contributed by atoms with van der Waals surface area (Å²) in [6.45, 7) is 8.51. The summed E-state index contributed by atoms with van der Waals surface area (Å²) in [5.74, 6) is 0.931. The van der Waals surface area contributed by atoms with Crippen LogP contribution in [-0.2, 0) is 0 Å². The second kappa shape index (κ2) is 6.00. The maximum Gasteiger partial charge on any atom is 0.124 e. The molecule has 0 aliphatic heterocycles. The zero-order valence-corrected chi connectivity index (χ0v) is 12.9. The number of anilines is 1. The average molecular weight is 269 g/mol. The Labute approximate surface area is 121 Å². The number of ether oxygens (including phenoxy) is 1. The van der Waals surface area contributed by atoms with Crippen molar-refractivity contribution in [3.8, 4) is 5.75 Å². The maximum atomic E-state index is 5.47. The number of rotatable bonds is 4. The Hall–Kier alpha value is -1.96. The summed E-state index contributed by atoms with van der Waals surface area (Å²) < 4.78 is 5.47. The number of methoxy groups -OCH3 is 1. The van der Waals surface area contributed by atoms with Crippen LogP contribution < -0.4 is 10.1 Å². The highest BCUT2D eigenvalue weighted by molar-refractivity contribution is 5.51. The molecule has 2 aromatic carbocycles. The minimum absolute atomic E-state index is 0.200. The molecule has 1 atom stereocenters. The van der Waals surface area contributed by atoms with Crippen LogP contribution in [0.2, 0.25) is 0 Å². The normalized spacial score (nSPS) is 12.1. The summed E-state index contributed by atoms with van der Waals surface area (Å²) in [5.41, 5.74) is 6.13. The zero-order valence-electron chi connectivity index (χ0n) is 12.9. The summed E-state index contributed by atoms with van der Waals surface area (Å²) in [6.07, 6.45) is 0. The number of nitrogens with one attached hydrogen (secondary N) is 1. The highest BCUT2D eigenvalue weighted by Crippen LogP contribution is 2.29. The Morgan fingerprint density at radius 3 is 2.15 bits per heavy atom. The third-order valence-corrected chi connectivity index (χ3v) is 3.46. The van der Waals surface area contributed by atoms with Gasteiger partial charge in [-0.1, -0.05) is 23.8 Å². The van der Waals surface area contributed by atoms with Crippen LogP contribution >= 0.6 is 0 Å². The Morgan fingerprint density at radius 1 is 0.900 bits per heavy atom. The standard InChI is InChI=1S/C18H23NO/c1-12-6-7-18(20-5)17(11-12)15(4)19-16-9-13(2)8-14(3)10-16/h6-11,15,19H,1-5H3. The second-order valence-electron chi connectivity index (χ2n) is 5.49. The van der Waals surface area contributed by atoms with Gasteiger partial charge in [-0.3, -0.25) is 0 Å². The minimum atomic E-state index is 0.200. The van der Waals surface area contributed by atoms with Gasteiger partial charge in [-0.15, -0.1) is 0 Å². The van der Waals surface area contributed by atoms with Crippen molar-refractivity contribution in [3.05, 3.63) is 58.7 Å². The van der Waals surface area contributed by atoms with Crippen molar-refractivity contribution in [2.45, 2.75) is 33.7 Å². The van der Waals surface area contributed by atoms with E-state index < -0.39 is 0 Å². The van der Waals surface area contributed by atoms with Crippen LogP contribution in [0.5, 0.6) is 5.75 Å². The van der Waals surface area contributed by atoms with Crippen LogP contribution in [-0.4, -0.2) is 7.11 Å². The van der Waals surface area contributed by atoms with Crippen LogP contribution in [0.25, 0.3) is 0 Å². The van der Waals surface area contributed by atoms with Crippen LogP contribution in [0.1, 0.15) is 35.2 Å². The second-order valence-corrected chi connectivity index (χ2v) is 5.49. The molecule has 1 N–H and O–H groups in total. The molecule has 0 fully saturated rings. The largest absolute Gasteiger partial charge is 0.496 e. The minimum Gasteiger partial charge on any atom is -0.496 e. The van der Waals surface area contributed by atoms with E-state index in [1.165, 1.54) is 22.3 Å². The fourth-order valence-electron chi connectivity index (χ4n) is 2.58. The fraction of sp³-hybridized carbons (Fsp3) is 0.333. The Balaban J connectivity index is 2.27. The molecule has 0 aliphatic carbocycles. The molecule has 0 bridgehead atoms. The average Bonchev–Trinajstić information content (AvgIpc) is 2.37. The van der Waals surface area contributed by atoms with E-state index in [2.05, 4.69) is 63.3 Å². The predicted octanol–water partition coefficient (Wildman–Crippen LogP) is 4.79. The lowest BCUT2D eigenvalue weighted by Gasteiger charge is -2.19. The van der Waals surface area contributed by atoms with Gasteiger partial charge in [0.2, 0.25) is 0 Å². The first-order valence-corrected chi connectivity index (χ1v) is 6.99. The van der Waals surface area contributed by atoms with Gasteiger partial charge in [0.15, 0.2) is 0 Å². The lowest BCUT2D eigenvalue weighted by atomic mass is 10.0. The van der Waals surface area contributed by atoms with Crippen molar-refractivity contribution in [3.63, 3.8) is 0 Å². The molecule has 1 unspecified atom stereocenters. The Bertz CT molecular complexity index is 584. The van der Waals surface area contributed by atoms with E-state index in [4.69, 9.17) is 4.74 Å². The molecule has 2 heteroatoms. The van der Waals surface area contributed by atoms with Gasteiger partial charge in [-0.2, -0.15) is 0 Å². The third kappa shape index (κ3) is 3.32. The van der Waals surface area contributed by atoms with Gasteiger partial charge >= 0.3 is 0 Å². The maximum absolute atomic E-state index is 5.47. The molecule has 20 heavy (non-hydrogen) atoms. The van der Waals surface area contributed by atoms with Gasteiger partial charge in [0.1, 0.15) is 5.75 Å². The van der Waals surface area contributed by atoms with E-state index in [-0.39, 0.29) is 6.04 Å². The number of aryl methyl sites for hydroxylation is 3. The molecule has 0 spiro atoms. The first kappa shape index (κ1) is 14.4. The lowest BCUT2D eigenvalue weighted by molar-refractivity contribution is 0.408. The molecular formula is C18H23NO. The van der Waals surface area contributed by atoms with Crippen LogP contribution in [0.3, 0.4) is 0 Å². The Morgan fingerprint density at radius 2 is 1.55 bits per heavy atom. The SMILES string of the molecule is COc1ccc(C)cc1C(C)Nc1cc(C)cc(C)c1. The Kier molecular flexibility index (Phi) is 4.33. The van der Waals surface area contributed by atoms with Crippen molar-refractivity contribution < 1.29 is 4.74 Å². The first-order chi connectivity index (χ1) is 9.49. The molecule has 2 aromatic rings. The summed E-state index contributed by atoms with van der Waals surface area (Å²) >= 11 is 0. The van der Waals surface area contributed by atoms with Crippen molar-refractivity contribution in [2.75, 3.05) is 12.4 Å². The van der Waals surface area contributed by atoms with Crippen molar-refractivity contribution in [1.82, 2.24) is 0 Å². The number of hydrogen-bond acceptors (Lipinski definition) is 2. The lowest BCUT2D eigenvalue weighted by Crippen LogP contribution is -2.08. The quantitative estimate of drug-likeness (QED) is 0.861. The van der Waals surface area contributed by atoms with E-state index in [0.717, 1.165) is 11.4 Å². The molecule has 0 heterocycles. The van der Waals surface area contributed by atoms with Gasteiger partial charge < -0.3 is 10.1 Å². The molecule has 2 rings (SSSR count). The summed E-state index contributed by atoms with van der Waals surface area (Å²) in [5, 5.41) is 3.56. The highest BCUT2D eigenvalue weighted by atomic mass is 16.5. The first-order valence-electron chi connectivity index (χ1n) is 6.99. The third-order valence-electron chi connectivity index (χ3n) is 3.46. The molecule has 0 saturated heterocycles. The molecule has 0 amide bonds. The van der Waals surface area contributed by atoms with Gasteiger partial charge in [0, 0.05) is 11.3 Å². The molecule has 2 nitrogen and oxygen atoms in total. The fourth-order valence-corrected chi connectivity index (χ4v) is 2.58. The summed E-state index contributed by atoms with van der Waals surface area (Å²) in [7, 11) is 1.72. The van der Waals surface area contributed by atoms with Gasteiger partial charge in [-0.05, 0) is 57.0 Å². The van der Waals surface area contributed by atoms with E-state index in [1.807, 2.05) is 6.07 Å². The van der Waals surface area contributed by atoms with Gasteiger partial charge in [0.05, 0.1) is 13.2 Å². The van der Waals surface area contributed by atoms with Gasteiger partial charge in [-0.25, -0.2) is 0 Å². The van der Waals surface area contributed by atoms with Crippen molar-refractivity contribution in [2.24, 2.45) is 0 Å². The van der Waals surface area contributed by atoms with E-state index in [0.29, 0.717) is 0 Å². The molecule has 0 radical (unpaired) electrons. The van der Waals surface area contributed by atoms with Crippen molar-refractivity contribution >= 4 is 5.69 Å². The number of benzene rings is 2. The van der Waals surface area contributed by atoms with Crippen molar-refractivity contribution in [1.29, 1.82) is 0 Å². The molecule has 0 aliphatic rings. The summed E-state index contributed by atoms with van der Waals surface area (Å²) in [6, 6.07) is 13.0. The smallest absolute Gasteiger partial charge is 0.124 e. The van der Waals surface area contributed by atoms with Crippen LogP contribution in [0.4, 0.5) is 5.69 Å². The van der Waals surface area contributed by atoms with Crippen LogP contribution in [0, 0.1) is 20.8 Å². The monoisotopic (exact) mass is 269 g/mol. The predicted molar refractivity (Wildman–Crippen MR) is 85.7 cm³/mol. The number of hydrogen-bond donors (Lipinski definition) is 1. The topological polar surface area (TPSA) is 21.3 Å². The zero-order chi connectivity index (χ0) is 14.7. The highest BCUT2D eigenvalue weighted by Gasteiger charge is 2.11. The van der Waals surface area contributed by atoms with Crippen LogP contribution in [0.15, 0.2) is 36.4 Å². The van der Waals surface area contributed by atoms with E-state index >= 15 is 0 Å². The molecule has 106 valence electrons.